The molecule has 6 nitrogen and oxygen atoms in total. The fourth-order valence-electron chi connectivity index (χ4n) is 3.78. The summed E-state index contributed by atoms with van der Waals surface area (Å²) in [6.07, 6.45) is 2.51. The third-order valence-electron chi connectivity index (χ3n) is 5.29. The van der Waals surface area contributed by atoms with E-state index in [0.717, 1.165) is 29.5 Å². The molecular weight excluding hydrogens is 366 g/mol. The zero-order valence-electron chi connectivity index (χ0n) is 16.6. The molecule has 1 aliphatic heterocycles. The van der Waals surface area contributed by atoms with Crippen molar-refractivity contribution in [2.75, 3.05) is 0 Å². The van der Waals surface area contributed by atoms with Gasteiger partial charge in [0.1, 0.15) is 6.04 Å². The van der Waals surface area contributed by atoms with Crippen LogP contribution in [0.15, 0.2) is 53.1 Å². The predicted molar refractivity (Wildman–Crippen MR) is 110 cm³/mol. The number of hydrogen-bond acceptors (Lipinski definition) is 5. The van der Waals surface area contributed by atoms with Crippen molar-refractivity contribution in [3.8, 4) is 22.8 Å². The van der Waals surface area contributed by atoms with E-state index in [2.05, 4.69) is 41.4 Å². The van der Waals surface area contributed by atoms with Gasteiger partial charge in [0.25, 0.3) is 5.89 Å². The Hall–Kier alpha value is -2.99. The minimum absolute atomic E-state index is 0.0651. The van der Waals surface area contributed by atoms with E-state index in [4.69, 9.17) is 9.63 Å². The van der Waals surface area contributed by atoms with Crippen molar-refractivity contribution in [2.45, 2.75) is 45.2 Å². The molecule has 2 aromatic carbocycles. The van der Waals surface area contributed by atoms with E-state index in [1.165, 1.54) is 5.56 Å². The molecule has 0 saturated carbocycles. The van der Waals surface area contributed by atoms with Gasteiger partial charge < -0.3 is 9.63 Å². The van der Waals surface area contributed by atoms with E-state index in [-0.39, 0.29) is 6.04 Å². The lowest BCUT2D eigenvalue weighted by atomic mass is 10.0. The van der Waals surface area contributed by atoms with Crippen molar-refractivity contribution in [2.24, 2.45) is 5.92 Å². The van der Waals surface area contributed by atoms with Crippen LogP contribution in [0.1, 0.15) is 43.9 Å². The third-order valence-corrected chi connectivity index (χ3v) is 5.29. The Balaban J connectivity index is 1.46. The molecule has 1 aromatic heterocycles. The third kappa shape index (κ3) is 4.38. The fraction of sp³-hybridized carbons (Fsp3) is 0.348. The lowest BCUT2D eigenvalue weighted by Gasteiger charge is -2.12. The van der Waals surface area contributed by atoms with E-state index in [1.54, 1.807) is 0 Å². The first-order valence-electron chi connectivity index (χ1n) is 10.0. The van der Waals surface area contributed by atoms with E-state index >= 15 is 0 Å². The maximum Gasteiger partial charge on any atom is 0.320 e. The van der Waals surface area contributed by atoms with Gasteiger partial charge in [0.2, 0.25) is 5.82 Å². The highest BCUT2D eigenvalue weighted by molar-refractivity contribution is 5.74. The number of aromatic nitrogens is 2. The van der Waals surface area contributed by atoms with Crippen molar-refractivity contribution in [3.05, 3.63) is 59.7 Å². The molecule has 150 valence electrons. The average Bonchev–Trinajstić information content (AvgIpc) is 3.39. The summed E-state index contributed by atoms with van der Waals surface area (Å²) in [6.45, 7) is 4.41. The standard InChI is InChI=1S/C23H25N3O3/c1-14(2)13-15-3-5-18(6-4-15)22-25-21(26-29-22)17-9-7-16(8-10-17)19-11-12-20(24-19)23(27)28/h3-10,14,19-20,24H,11-13H2,1-2H3,(H,27,28)/t19-,20-/m0/s1. The van der Waals surface area contributed by atoms with E-state index in [9.17, 15) is 4.79 Å². The summed E-state index contributed by atoms with van der Waals surface area (Å²) in [5.74, 6) is 0.872. The van der Waals surface area contributed by atoms with E-state index in [1.807, 2.05) is 36.4 Å². The molecule has 1 aliphatic rings. The number of carboxylic acid groups (broad SMARTS) is 1. The molecule has 0 unspecified atom stereocenters. The van der Waals surface area contributed by atoms with Crippen molar-refractivity contribution in [3.63, 3.8) is 0 Å². The largest absolute Gasteiger partial charge is 0.480 e. The summed E-state index contributed by atoms with van der Waals surface area (Å²) in [6, 6.07) is 15.7. The van der Waals surface area contributed by atoms with Crippen LogP contribution in [0.3, 0.4) is 0 Å². The Morgan fingerprint density at radius 3 is 2.41 bits per heavy atom. The van der Waals surface area contributed by atoms with Gasteiger partial charge in [-0.15, -0.1) is 0 Å². The maximum atomic E-state index is 11.1. The summed E-state index contributed by atoms with van der Waals surface area (Å²) in [5.41, 5.74) is 4.14. The fourth-order valence-corrected chi connectivity index (χ4v) is 3.78. The van der Waals surface area contributed by atoms with Gasteiger partial charge in [0.05, 0.1) is 0 Å². The van der Waals surface area contributed by atoms with Crippen molar-refractivity contribution in [1.29, 1.82) is 0 Å². The van der Waals surface area contributed by atoms with Crippen molar-refractivity contribution >= 4 is 5.97 Å². The van der Waals surface area contributed by atoms with Crippen LogP contribution in [0.4, 0.5) is 0 Å². The van der Waals surface area contributed by atoms with Gasteiger partial charge in [-0.2, -0.15) is 4.98 Å². The summed E-state index contributed by atoms with van der Waals surface area (Å²) in [4.78, 5) is 15.6. The number of nitrogens with one attached hydrogen (secondary N) is 1. The molecule has 0 radical (unpaired) electrons. The van der Waals surface area contributed by atoms with Crippen LogP contribution in [-0.2, 0) is 11.2 Å². The Morgan fingerprint density at radius 1 is 1.10 bits per heavy atom. The molecule has 1 fully saturated rings. The number of benzene rings is 2. The van der Waals surface area contributed by atoms with Crippen LogP contribution >= 0.6 is 0 Å². The summed E-state index contributed by atoms with van der Waals surface area (Å²) >= 11 is 0. The molecule has 0 spiro atoms. The molecule has 29 heavy (non-hydrogen) atoms. The quantitative estimate of drug-likeness (QED) is 0.644. The molecular formula is C23H25N3O3. The second-order valence-corrected chi connectivity index (χ2v) is 8.03. The first kappa shape index (κ1) is 19.3. The molecule has 2 atom stereocenters. The lowest BCUT2D eigenvalue weighted by molar-refractivity contribution is -0.139. The number of carboxylic acids is 1. The van der Waals surface area contributed by atoms with Crippen LogP contribution in [0.5, 0.6) is 0 Å². The van der Waals surface area contributed by atoms with Gasteiger partial charge in [0.15, 0.2) is 0 Å². The van der Waals surface area contributed by atoms with Crippen LogP contribution in [0.2, 0.25) is 0 Å². The van der Waals surface area contributed by atoms with Crippen molar-refractivity contribution < 1.29 is 14.4 Å². The number of aliphatic carboxylic acids is 1. The Morgan fingerprint density at radius 2 is 1.79 bits per heavy atom. The molecule has 2 N–H and O–H groups in total. The molecule has 3 aromatic rings. The summed E-state index contributed by atoms with van der Waals surface area (Å²) < 4.78 is 5.46. The monoisotopic (exact) mass is 391 g/mol. The highest BCUT2D eigenvalue weighted by Gasteiger charge is 2.29. The zero-order chi connectivity index (χ0) is 20.4. The number of rotatable bonds is 6. The first-order chi connectivity index (χ1) is 14.0. The minimum Gasteiger partial charge on any atom is -0.480 e. The topological polar surface area (TPSA) is 88.2 Å². The number of nitrogens with zero attached hydrogens (tertiary/aromatic N) is 2. The van der Waals surface area contributed by atoms with Crippen LogP contribution in [0, 0.1) is 5.92 Å². The van der Waals surface area contributed by atoms with Crippen LogP contribution in [-0.4, -0.2) is 27.3 Å². The van der Waals surface area contributed by atoms with Gasteiger partial charge in [-0.1, -0.05) is 55.4 Å². The second-order valence-electron chi connectivity index (χ2n) is 8.03. The van der Waals surface area contributed by atoms with Crippen LogP contribution in [0.25, 0.3) is 22.8 Å². The van der Waals surface area contributed by atoms with Gasteiger partial charge in [-0.25, -0.2) is 0 Å². The number of carbonyl (C=O) groups is 1. The Kier molecular flexibility index (Phi) is 5.45. The van der Waals surface area contributed by atoms with E-state index in [0.29, 0.717) is 24.1 Å². The molecule has 0 amide bonds. The van der Waals surface area contributed by atoms with Gasteiger partial charge in [-0.05, 0) is 48.4 Å². The molecule has 4 rings (SSSR count). The van der Waals surface area contributed by atoms with Crippen LogP contribution < -0.4 is 5.32 Å². The van der Waals surface area contributed by atoms with Gasteiger partial charge in [0, 0.05) is 17.2 Å². The minimum atomic E-state index is -0.791. The predicted octanol–water partition coefficient (Wildman–Crippen LogP) is 4.48. The highest BCUT2D eigenvalue weighted by Crippen LogP contribution is 2.29. The SMILES string of the molecule is CC(C)Cc1ccc(-c2nc(-c3ccc([C@@H]4CC[C@@H](C(=O)O)N4)cc3)no2)cc1. The zero-order valence-corrected chi connectivity index (χ0v) is 16.6. The van der Waals surface area contributed by atoms with Crippen molar-refractivity contribution in [1.82, 2.24) is 15.5 Å². The number of hydrogen-bond donors (Lipinski definition) is 2. The maximum absolute atomic E-state index is 11.1. The Labute approximate surface area is 170 Å². The normalized spacial score (nSPS) is 19.0. The van der Waals surface area contributed by atoms with E-state index < -0.39 is 12.0 Å². The smallest absolute Gasteiger partial charge is 0.320 e. The average molecular weight is 391 g/mol. The second kappa shape index (κ2) is 8.17. The summed E-state index contributed by atoms with van der Waals surface area (Å²) in [7, 11) is 0. The molecule has 0 bridgehead atoms. The van der Waals surface area contributed by atoms with Gasteiger partial charge in [-0.3, -0.25) is 10.1 Å². The molecule has 2 heterocycles. The molecule has 0 aliphatic carbocycles. The molecule has 1 saturated heterocycles. The first-order valence-corrected chi connectivity index (χ1v) is 10.0. The summed E-state index contributed by atoms with van der Waals surface area (Å²) in [5, 5.41) is 16.4. The highest BCUT2D eigenvalue weighted by atomic mass is 16.5. The Bertz CT molecular complexity index is 977. The van der Waals surface area contributed by atoms with Gasteiger partial charge >= 0.3 is 5.97 Å². The molecule has 6 heteroatoms. The lowest BCUT2D eigenvalue weighted by Crippen LogP contribution is -2.31.